The van der Waals surface area contributed by atoms with Gasteiger partial charge in [-0.2, -0.15) is 0 Å². The van der Waals surface area contributed by atoms with Crippen LogP contribution in [-0.4, -0.2) is 36.1 Å². The van der Waals surface area contributed by atoms with E-state index >= 15 is 0 Å². The van der Waals surface area contributed by atoms with Gasteiger partial charge in [0.05, 0.1) is 18.1 Å². The minimum absolute atomic E-state index is 0.125. The molecule has 1 rings (SSSR count). The molecule has 1 aromatic rings. The molecule has 0 atom stereocenters. The number of aromatic nitrogens is 2. The molecule has 0 saturated heterocycles. The van der Waals surface area contributed by atoms with Crippen LogP contribution in [0, 0.1) is 0 Å². The molecule has 0 amide bonds. The summed E-state index contributed by atoms with van der Waals surface area (Å²) in [5, 5.41) is 0.647. The monoisotopic (exact) mass is 248 g/mol. The van der Waals surface area contributed by atoms with Crippen molar-refractivity contribution >= 4 is 27.4 Å². The summed E-state index contributed by atoms with van der Waals surface area (Å²) in [6, 6.07) is 0. The zero-order valence-electron chi connectivity index (χ0n) is 8.17. The van der Waals surface area contributed by atoms with Crippen LogP contribution in [-0.2, 0) is 9.84 Å². The number of sulfone groups is 1. The fourth-order valence-corrected chi connectivity index (χ4v) is 2.84. The third-order valence-electron chi connectivity index (χ3n) is 1.46. The normalized spacial score (nSPS) is 11.3. The first-order chi connectivity index (χ1) is 7.01. The Bertz CT molecular complexity index is 421. The SMILES string of the molecule is CS(=O)(=O)CCSc1cncc(NN)n1. The van der Waals surface area contributed by atoms with Gasteiger partial charge in [-0.25, -0.2) is 19.2 Å². The lowest BCUT2D eigenvalue weighted by atomic mass is 10.7. The summed E-state index contributed by atoms with van der Waals surface area (Å²) in [7, 11) is -2.92. The minimum atomic E-state index is -2.92. The number of nitrogens with two attached hydrogens (primary N) is 1. The molecule has 8 heteroatoms. The van der Waals surface area contributed by atoms with Gasteiger partial charge in [0.25, 0.3) is 0 Å². The van der Waals surface area contributed by atoms with Gasteiger partial charge in [0.1, 0.15) is 14.9 Å². The van der Waals surface area contributed by atoms with Crippen molar-refractivity contribution in [2.45, 2.75) is 5.03 Å². The van der Waals surface area contributed by atoms with Crippen LogP contribution in [0.5, 0.6) is 0 Å². The van der Waals surface area contributed by atoms with Crippen LogP contribution in [0.2, 0.25) is 0 Å². The Hall–Kier alpha value is -0.860. The second kappa shape index (κ2) is 5.29. The van der Waals surface area contributed by atoms with Crippen LogP contribution in [0.1, 0.15) is 0 Å². The van der Waals surface area contributed by atoms with Crippen molar-refractivity contribution in [3.63, 3.8) is 0 Å². The van der Waals surface area contributed by atoms with Gasteiger partial charge in [-0.3, -0.25) is 4.98 Å². The zero-order valence-corrected chi connectivity index (χ0v) is 9.81. The van der Waals surface area contributed by atoms with Crippen molar-refractivity contribution < 1.29 is 8.42 Å². The highest BCUT2D eigenvalue weighted by molar-refractivity contribution is 8.00. The minimum Gasteiger partial charge on any atom is -0.307 e. The van der Waals surface area contributed by atoms with Gasteiger partial charge in [0, 0.05) is 12.0 Å². The number of hydrogen-bond acceptors (Lipinski definition) is 7. The predicted octanol–water partition coefficient (Wildman–Crippen LogP) is -0.101. The summed E-state index contributed by atoms with van der Waals surface area (Å²) in [4.78, 5) is 7.98. The van der Waals surface area contributed by atoms with Gasteiger partial charge >= 0.3 is 0 Å². The van der Waals surface area contributed by atoms with Crippen molar-refractivity contribution in [2.24, 2.45) is 5.84 Å². The molecular weight excluding hydrogens is 236 g/mol. The lowest BCUT2D eigenvalue weighted by molar-refractivity contribution is 0.603. The molecule has 0 aliphatic rings. The van der Waals surface area contributed by atoms with E-state index in [1.807, 2.05) is 0 Å². The summed E-state index contributed by atoms with van der Waals surface area (Å²) in [6.45, 7) is 0. The molecule has 0 saturated carbocycles. The van der Waals surface area contributed by atoms with Gasteiger partial charge in [0.15, 0.2) is 5.82 Å². The Kier molecular flexibility index (Phi) is 4.30. The van der Waals surface area contributed by atoms with Crippen molar-refractivity contribution in [3.8, 4) is 0 Å². The number of hydrogen-bond donors (Lipinski definition) is 2. The van der Waals surface area contributed by atoms with E-state index in [1.165, 1.54) is 24.2 Å². The Morgan fingerprint density at radius 3 is 2.87 bits per heavy atom. The summed E-state index contributed by atoms with van der Waals surface area (Å²) in [5.41, 5.74) is 2.37. The lowest BCUT2D eigenvalue weighted by Gasteiger charge is -2.02. The molecular formula is C7H12N4O2S2. The molecule has 0 radical (unpaired) electrons. The number of rotatable bonds is 5. The molecule has 0 aromatic carbocycles. The second-order valence-electron chi connectivity index (χ2n) is 2.87. The molecule has 0 spiro atoms. The van der Waals surface area contributed by atoms with Crippen LogP contribution in [0.4, 0.5) is 5.82 Å². The average Bonchev–Trinajstić information content (AvgIpc) is 2.16. The van der Waals surface area contributed by atoms with Crippen LogP contribution in [0.3, 0.4) is 0 Å². The van der Waals surface area contributed by atoms with Crippen molar-refractivity contribution in [1.82, 2.24) is 9.97 Å². The molecule has 6 nitrogen and oxygen atoms in total. The standard InChI is InChI=1S/C7H12N4O2S2/c1-15(12,13)3-2-14-7-5-9-4-6(10-7)11-8/h4-5H,2-3,8H2,1H3,(H,10,11). The third-order valence-corrected chi connectivity index (χ3v) is 3.57. The van der Waals surface area contributed by atoms with E-state index in [-0.39, 0.29) is 5.75 Å². The maximum absolute atomic E-state index is 10.9. The number of thioether (sulfide) groups is 1. The maximum atomic E-state index is 10.9. The number of nitrogens with one attached hydrogen (secondary N) is 1. The first-order valence-electron chi connectivity index (χ1n) is 4.10. The first-order valence-corrected chi connectivity index (χ1v) is 7.15. The van der Waals surface area contributed by atoms with E-state index in [9.17, 15) is 8.42 Å². The molecule has 0 aliphatic heterocycles. The number of nitrogen functional groups attached to an aromatic ring is 1. The summed E-state index contributed by atoms with van der Waals surface area (Å²) >= 11 is 1.33. The summed E-state index contributed by atoms with van der Waals surface area (Å²) < 4.78 is 21.7. The van der Waals surface area contributed by atoms with E-state index < -0.39 is 9.84 Å². The van der Waals surface area contributed by atoms with E-state index in [2.05, 4.69) is 15.4 Å². The highest BCUT2D eigenvalue weighted by atomic mass is 32.2. The Morgan fingerprint density at radius 2 is 2.27 bits per heavy atom. The summed E-state index contributed by atoms with van der Waals surface area (Å²) in [5.74, 6) is 6.20. The van der Waals surface area contributed by atoms with Gasteiger partial charge < -0.3 is 5.43 Å². The zero-order chi connectivity index (χ0) is 11.3. The Morgan fingerprint density at radius 1 is 1.53 bits per heavy atom. The number of nitrogens with zero attached hydrogens (tertiary/aromatic N) is 2. The molecule has 84 valence electrons. The molecule has 0 fully saturated rings. The maximum Gasteiger partial charge on any atom is 0.159 e. The molecule has 15 heavy (non-hydrogen) atoms. The highest BCUT2D eigenvalue weighted by Crippen LogP contribution is 2.15. The Labute approximate surface area is 92.6 Å². The fraction of sp³-hybridized carbons (Fsp3) is 0.429. The fourth-order valence-electron chi connectivity index (χ4n) is 0.785. The largest absolute Gasteiger partial charge is 0.307 e. The molecule has 0 unspecified atom stereocenters. The van der Waals surface area contributed by atoms with E-state index in [1.54, 1.807) is 6.20 Å². The van der Waals surface area contributed by atoms with Gasteiger partial charge in [-0.05, 0) is 0 Å². The predicted molar refractivity (Wildman–Crippen MR) is 60.3 cm³/mol. The number of hydrazine groups is 1. The van der Waals surface area contributed by atoms with Gasteiger partial charge in [-0.1, -0.05) is 0 Å². The van der Waals surface area contributed by atoms with Crippen molar-refractivity contribution in [2.75, 3.05) is 23.2 Å². The third kappa shape index (κ3) is 4.96. The molecule has 1 aromatic heterocycles. The van der Waals surface area contributed by atoms with Crippen LogP contribution in [0.15, 0.2) is 17.4 Å². The molecule has 1 heterocycles. The van der Waals surface area contributed by atoms with E-state index in [0.29, 0.717) is 16.6 Å². The summed E-state index contributed by atoms with van der Waals surface area (Å²) in [6.07, 6.45) is 4.26. The highest BCUT2D eigenvalue weighted by Gasteiger charge is 2.04. The topological polar surface area (TPSA) is 98.0 Å². The number of anilines is 1. The average molecular weight is 248 g/mol. The first kappa shape index (κ1) is 12.2. The van der Waals surface area contributed by atoms with Crippen LogP contribution in [0.25, 0.3) is 0 Å². The van der Waals surface area contributed by atoms with Gasteiger partial charge in [-0.15, -0.1) is 11.8 Å². The van der Waals surface area contributed by atoms with Crippen molar-refractivity contribution in [1.29, 1.82) is 0 Å². The second-order valence-corrected chi connectivity index (χ2v) is 6.24. The van der Waals surface area contributed by atoms with Crippen LogP contribution < -0.4 is 11.3 Å². The Balaban J connectivity index is 2.51. The van der Waals surface area contributed by atoms with Crippen LogP contribution >= 0.6 is 11.8 Å². The van der Waals surface area contributed by atoms with Crippen molar-refractivity contribution in [3.05, 3.63) is 12.4 Å². The quantitative estimate of drug-likeness (QED) is 0.426. The molecule has 0 aliphatic carbocycles. The van der Waals surface area contributed by atoms with Gasteiger partial charge in [0.2, 0.25) is 0 Å². The van der Waals surface area contributed by atoms with E-state index in [4.69, 9.17) is 5.84 Å². The smallest absolute Gasteiger partial charge is 0.159 e. The van der Waals surface area contributed by atoms with E-state index in [0.717, 1.165) is 0 Å². The molecule has 0 bridgehead atoms. The lowest BCUT2D eigenvalue weighted by Crippen LogP contribution is -2.09. The molecule has 3 N–H and O–H groups in total.